The molecular weight excluding hydrogens is 176 g/mol. The summed E-state index contributed by atoms with van der Waals surface area (Å²) in [5, 5.41) is 1.72. The van der Waals surface area contributed by atoms with E-state index in [0.717, 1.165) is 17.8 Å². The maximum atomic E-state index is 2.37. The van der Waals surface area contributed by atoms with E-state index in [2.05, 4.69) is 13.2 Å². The third-order valence-electron chi connectivity index (χ3n) is 4.12. The van der Waals surface area contributed by atoms with E-state index in [9.17, 15) is 0 Å². The highest BCUT2D eigenvalue weighted by Gasteiger charge is 2.46. The highest BCUT2D eigenvalue weighted by atomic mass is 32.2. The monoisotopic (exact) mass is 197 g/mol. The van der Waals surface area contributed by atoms with Gasteiger partial charge in [-0.1, -0.05) is 12.8 Å². The lowest BCUT2D eigenvalue weighted by Gasteiger charge is -2.17. The molecule has 2 fully saturated rings. The SMILES string of the molecule is CS[C+](C)C1C2CCCCC1CC2. The van der Waals surface area contributed by atoms with Gasteiger partial charge in [0.2, 0.25) is 0 Å². The molecule has 0 N–H and O–H groups in total. The summed E-state index contributed by atoms with van der Waals surface area (Å²) >= 11 is 2.00. The highest BCUT2D eigenvalue weighted by molar-refractivity contribution is 8.01. The second-order valence-electron chi connectivity index (χ2n) is 4.72. The third-order valence-corrected chi connectivity index (χ3v) is 5.03. The fraction of sp³-hybridized carbons (Fsp3) is 0.917. The van der Waals surface area contributed by atoms with Gasteiger partial charge in [-0.2, -0.15) is 0 Å². The molecule has 0 nitrogen and oxygen atoms in total. The Hall–Kier alpha value is 0.220. The molecule has 0 amide bonds. The van der Waals surface area contributed by atoms with Crippen LogP contribution in [-0.2, 0) is 0 Å². The number of hydrogen-bond acceptors (Lipinski definition) is 1. The van der Waals surface area contributed by atoms with Crippen LogP contribution in [0.5, 0.6) is 0 Å². The summed E-state index contributed by atoms with van der Waals surface area (Å²) < 4.78 is 0. The van der Waals surface area contributed by atoms with Gasteiger partial charge in [0.15, 0.2) is 5.25 Å². The van der Waals surface area contributed by atoms with Gasteiger partial charge in [0, 0.05) is 18.1 Å². The van der Waals surface area contributed by atoms with E-state index in [1.165, 1.54) is 38.5 Å². The summed E-state index contributed by atoms with van der Waals surface area (Å²) in [6.07, 6.45) is 11.3. The summed E-state index contributed by atoms with van der Waals surface area (Å²) in [5.74, 6) is 3.09. The van der Waals surface area contributed by atoms with Gasteiger partial charge >= 0.3 is 0 Å². The first-order chi connectivity index (χ1) is 6.33. The van der Waals surface area contributed by atoms with Crippen molar-refractivity contribution in [2.75, 3.05) is 6.26 Å². The minimum absolute atomic E-state index is 0.984. The molecule has 0 aliphatic heterocycles. The van der Waals surface area contributed by atoms with Crippen LogP contribution in [0.3, 0.4) is 0 Å². The van der Waals surface area contributed by atoms with E-state index in [1.54, 1.807) is 5.25 Å². The smallest absolute Gasteiger partial charge is 0.0529 e. The fourth-order valence-corrected chi connectivity index (χ4v) is 4.09. The largest absolute Gasteiger partial charge is 0.157 e. The van der Waals surface area contributed by atoms with E-state index in [1.807, 2.05) is 11.8 Å². The molecule has 2 atom stereocenters. The van der Waals surface area contributed by atoms with Crippen LogP contribution in [0.25, 0.3) is 0 Å². The molecule has 13 heavy (non-hydrogen) atoms. The van der Waals surface area contributed by atoms with Crippen LogP contribution in [0, 0.1) is 23.0 Å². The molecular formula is C12H21S+. The molecule has 2 unspecified atom stereocenters. The van der Waals surface area contributed by atoms with Gasteiger partial charge in [-0.3, -0.25) is 0 Å². The molecule has 0 aromatic heterocycles. The maximum absolute atomic E-state index is 2.37. The van der Waals surface area contributed by atoms with Gasteiger partial charge in [-0.05, 0) is 25.7 Å². The average Bonchev–Trinajstić information content (AvgIpc) is 2.38. The standard InChI is InChI=1S/C12H21S/c1-9(13-2)12-10-5-3-4-6-11(12)8-7-10/h10-12H,3-8H2,1-2H3/q+1. The minimum atomic E-state index is 0.984. The Kier molecular flexibility index (Phi) is 3.13. The average molecular weight is 197 g/mol. The van der Waals surface area contributed by atoms with E-state index in [-0.39, 0.29) is 0 Å². The van der Waals surface area contributed by atoms with Crippen molar-refractivity contribution in [2.24, 2.45) is 17.8 Å². The molecule has 0 radical (unpaired) electrons. The van der Waals surface area contributed by atoms with Gasteiger partial charge in [0.05, 0.1) is 18.7 Å². The van der Waals surface area contributed by atoms with Gasteiger partial charge in [-0.25, -0.2) is 0 Å². The van der Waals surface area contributed by atoms with E-state index in [0.29, 0.717) is 0 Å². The summed E-state index contributed by atoms with van der Waals surface area (Å²) in [6.45, 7) is 2.37. The van der Waals surface area contributed by atoms with Gasteiger partial charge < -0.3 is 0 Å². The van der Waals surface area contributed by atoms with Crippen molar-refractivity contribution in [3.63, 3.8) is 0 Å². The zero-order valence-electron chi connectivity index (χ0n) is 8.88. The predicted octanol–water partition coefficient (Wildman–Crippen LogP) is 4.12. The maximum Gasteiger partial charge on any atom is 0.157 e. The summed E-state index contributed by atoms with van der Waals surface area (Å²) in [7, 11) is 0. The van der Waals surface area contributed by atoms with Crippen molar-refractivity contribution in [1.29, 1.82) is 0 Å². The molecule has 0 saturated heterocycles. The van der Waals surface area contributed by atoms with E-state index >= 15 is 0 Å². The third kappa shape index (κ3) is 1.86. The lowest BCUT2D eigenvalue weighted by molar-refractivity contribution is 0.353. The lowest BCUT2D eigenvalue weighted by atomic mass is 9.86. The number of fused-ring (bicyclic) bond motifs is 2. The molecule has 0 spiro atoms. The fourth-order valence-electron chi connectivity index (χ4n) is 3.43. The zero-order chi connectivity index (χ0) is 9.26. The Bertz CT molecular complexity index is 153. The summed E-state index contributed by atoms with van der Waals surface area (Å²) in [6, 6.07) is 0. The molecule has 0 aromatic rings. The van der Waals surface area contributed by atoms with Gasteiger partial charge in [-0.15, -0.1) is 0 Å². The first kappa shape index (κ1) is 9.76. The van der Waals surface area contributed by atoms with Gasteiger partial charge in [0.25, 0.3) is 0 Å². The summed E-state index contributed by atoms with van der Waals surface area (Å²) in [5.41, 5.74) is 0. The topological polar surface area (TPSA) is 0 Å². The molecule has 0 aromatic carbocycles. The van der Waals surface area contributed by atoms with Crippen LogP contribution >= 0.6 is 11.8 Å². The molecule has 2 saturated carbocycles. The highest BCUT2D eigenvalue weighted by Crippen LogP contribution is 2.51. The number of rotatable bonds is 2. The molecule has 2 aliphatic carbocycles. The molecule has 74 valence electrons. The molecule has 2 bridgehead atoms. The first-order valence-corrected chi connectivity index (χ1v) is 6.93. The van der Waals surface area contributed by atoms with Crippen LogP contribution in [0.1, 0.15) is 45.4 Å². The van der Waals surface area contributed by atoms with Crippen LogP contribution in [-0.4, -0.2) is 6.26 Å². The van der Waals surface area contributed by atoms with Crippen molar-refractivity contribution in [1.82, 2.24) is 0 Å². The second-order valence-corrected chi connectivity index (χ2v) is 5.77. The minimum Gasteiger partial charge on any atom is -0.0529 e. The Morgan fingerprint density at radius 1 is 1.00 bits per heavy atom. The second kappa shape index (κ2) is 4.16. The Labute approximate surface area is 86.9 Å². The molecule has 2 aliphatic rings. The van der Waals surface area contributed by atoms with E-state index < -0.39 is 0 Å². The van der Waals surface area contributed by atoms with Crippen LogP contribution < -0.4 is 0 Å². The molecule has 0 heterocycles. The van der Waals surface area contributed by atoms with Crippen molar-refractivity contribution in [3.8, 4) is 0 Å². The Morgan fingerprint density at radius 2 is 1.54 bits per heavy atom. The van der Waals surface area contributed by atoms with Gasteiger partial charge in [0.1, 0.15) is 5.92 Å². The predicted molar refractivity (Wildman–Crippen MR) is 60.6 cm³/mol. The quantitative estimate of drug-likeness (QED) is 0.600. The number of thioether (sulfide) groups is 1. The Balaban J connectivity index is 2.07. The van der Waals surface area contributed by atoms with Crippen molar-refractivity contribution in [2.45, 2.75) is 45.4 Å². The Morgan fingerprint density at radius 3 is 2.00 bits per heavy atom. The van der Waals surface area contributed by atoms with Crippen molar-refractivity contribution in [3.05, 3.63) is 5.25 Å². The lowest BCUT2D eigenvalue weighted by Crippen LogP contribution is -2.17. The molecule has 2 rings (SSSR count). The molecule has 1 heteroatoms. The van der Waals surface area contributed by atoms with Crippen LogP contribution in [0.15, 0.2) is 0 Å². The van der Waals surface area contributed by atoms with Crippen molar-refractivity contribution < 1.29 is 0 Å². The van der Waals surface area contributed by atoms with Crippen molar-refractivity contribution >= 4 is 11.8 Å². The van der Waals surface area contributed by atoms with Crippen LogP contribution in [0.4, 0.5) is 0 Å². The number of hydrogen-bond donors (Lipinski definition) is 0. The van der Waals surface area contributed by atoms with Crippen LogP contribution in [0.2, 0.25) is 0 Å². The zero-order valence-corrected chi connectivity index (χ0v) is 9.70. The van der Waals surface area contributed by atoms with E-state index in [4.69, 9.17) is 0 Å². The normalized spacial score (nSPS) is 38.8. The summed E-state index contributed by atoms with van der Waals surface area (Å²) in [4.78, 5) is 0. The first-order valence-electron chi connectivity index (χ1n) is 5.70.